The predicted octanol–water partition coefficient (Wildman–Crippen LogP) is 6.31. The Morgan fingerprint density at radius 1 is 1.06 bits per heavy atom. The number of carbonyl (C=O) groups is 1. The van der Waals surface area contributed by atoms with E-state index in [1.807, 2.05) is 0 Å². The van der Waals surface area contributed by atoms with Gasteiger partial charge in [-0.1, -0.05) is 26.0 Å². The third-order valence-corrected chi connectivity index (χ3v) is 5.73. The van der Waals surface area contributed by atoms with Crippen molar-refractivity contribution in [1.29, 1.82) is 5.26 Å². The van der Waals surface area contributed by atoms with E-state index in [9.17, 15) is 33.4 Å². The number of fused-ring (bicyclic) bond motifs is 1. The SMILES string of the molecule is CC(C)(CC#N)c1c(-c2ccc(F)c(F)c2)c2cc(F)cc(O)c2n1-c1cccc(C(=O)O)c1. The van der Waals surface area contributed by atoms with Gasteiger partial charge in [0.2, 0.25) is 0 Å². The lowest BCUT2D eigenvalue weighted by atomic mass is 9.82. The summed E-state index contributed by atoms with van der Waals surface area (Å²) in [5.74, 6) is -4.54. The largest absolute Gasteiger partial charge is 0.506 e. The summed E-state index contributed by atoms with van der Waals surface area (Å²) in [6.45, 7) is 3.50. The Morgan fingerprint density at radius 2 is 1.79 bits per heavy atom. The summed E-state index contributed by atoms with van der Waals surface area (Å²) in [6.07, 6.45) is -0.0120. The number of nitriles is 1. The molecule has 0 bridgehead atoms. The Kier molecular flexibility index (Phi) is 5.57. The van der Waals surface area contributed by atoms with E-state index >= 15 is 0 Å². The summed E-state index contributed by atoms with van der Waals surface area (Å²) >= 11 is 0. The second kappa shape index (κ2) is 8.27. The lowest BCUT2D eigenvalue weighted by Gasteiger charge is -2.27. The number of hydrogen-bond acceptors (Lipinski definition) is 3. The molecule has 3 aromatic carbocycles. The molecule has 0 amide bonds. The van der Waals surface area contributed by atoms with Crippen LogP contribution in [0.2, 0.25) is 0 Å². The van der Waals surface area contributed by atoms with E-state index in [2.05, 4.69) is 6.07 Å². The fourth-order valence-corrected chi connectivity index (χ4v) is 4.26. The quantitative estimate of drug-likeness (QED) is 0.362. The maximum atomic E-state index is 14.5. The van der Waals surface area contributed by atoms with Gasteiger partial charge in [0.25, 0.3) is 0 Å². The molecule has 0 aliphatic heterocycles. The van der Waals surface area contributed by atoms with E-state index in [1.165, 1.54) is 24.3 Å². The summed E-state index contributed by atoms with van der Waals surface area (Å²) in [6, 6.07) is 13.3. The molecule has 0 saturated heterocycles. The molecule has 0 atom stereocenters. The topological polar surface area (TPSA) is 86.2 Å². The smallest absolute Gasteiger partial charge is 0.335 e. The van der Waals surface area contributed by atoms with Crippen LogP contribution in [0.5, 0.6) is 5.75 Å². The molecule has 0 radical (unpaired) electrons. The van der Waals surface area contributed by atoms with E-state index < -0.39 is 34.6 Å². The first-order valence-electron chi connectivity index (χ1n) is 10.3. The highest BCUT2D eigenvalue weighted by Crippen LogP contribution is 2.46. The number of benzene rings is 3. The van der Waals surface area contributed by atoms with Crippen molar-refractivity contribution in [1.82, 2.24) is 4.57 Å². The van der Waals surface area contributed by atoms with Gasteiger partial charge in [-0.2, -0.15) is 5.26 Å². The molecule has 0 saturated carbocycles. The molecule has 172 valence electrons. The minimum absolute atomic E-state index is 0.0120. The Labute approximate surface area is 192 Å². The van der Waals surface area contributed by atoms with Gasteiger partial charge in [-0.05, 0) is 42.0 Å². The Morgan fingerprint density at radius 3 is 2.44 bits per heavy atom. The average molecular weight is 464 g/mol. The number of carboxylic acids is 1. The van der Waals surface area contributed by atoms with Crippen LogP contribution in [0.1, 0.15) is 36.3 Å². The minimum Gasteiger partial charge on any atom is -0.506 e. The van der Waals surface area contributed by atoms with Crippen LogP contribution in [0.15, 0.2) is 54.6 Å². The van der Waals surface area contributed by atoms with E-state index in [0.717, 1.165) is 24.3 Å². The molecule has 0 aliphatic carbocycles. The van der Waals surface area contributed by atoms with E-state index in [-0.39, 0.29) is 28.5 Å². The molecule has 0 aliphatic rings. The third-order valence-electron chi connectivity index (χ3n) is 5.73. The number of phenolic OH excluding ortho intramolecular Hbond substituents is 1. The molecule has 4 aromatic rings. The van der Waals surface area contributed by atoms with Crippen LogP contribution in [0, 0.1) is 28.8 Å². The lowest BCUT2D eigenvalue weighted by molar-refractivity contribution is 0.0697. The van der Waals surface area contributed by atoms with Crippen LogP contribution in [0.25, 0.3) is 27.7 Å². The predicted molar refractivity (Wildman–Crippen MR) is 120 cm³/mol. The summed E-state index contributed by atoms with van der Waals surface area (Å²) in [7, 11) is 0. The van der Waals surface area contributed by atoms with Crippen LogP contribution >= 0.6 is 0 Å². The molecule has 0 fully saturated rings. The van der Waals surface area contributed by atoms with Gasteiger partial charge in [0, 0.05) is 40.2 Å². The maximum Gasteiger partial charge on any atom is 0.335 e. The molecular weight excluding hydrogens is 445 g/mol. The number of phenols is 1. The van der Waals surface area contributed by atoms with Crippen molar-refractivity contribution >= 4 is 16.9 Å². The number of aromatic carboxylic acids is 1. The summed E-state index contributed by atoms with van der Waals surface area (Å²) in [5.41, 5.74) is 0.424. The monoisotopic (exact) mass is 464 g/mol. The highest BCUT2D eigenvalue weighted by atomic mass is 19.2. The second-order valence-corrected chi connectivity index (χ2v) is 8.58. The Balaban J connectivity index is 2.25. The first kappa shape index (κ1) is 22.9. The normalized spacial score (nSPS) is 11.5. The molecular formula is C26H19F3N2O3. The van der Waals surface area contributed by atoms with E-state index in [0.29, 0.717) is 16.9 Å². The number of nitrogens with zero attached hydrogens (tertiary/aromatic N) is 2. The molecule has 4 rings (SSSR count). The molecule has 2 N–H and O–H groups in total. The zero-order valence-electron chi connectivity index (χ0n) is 18.2. The van der Waals surface area contributed by atoms with Crippen LogP contribution < -0.4 is 0 Å². The number of aromatic hydroxyl groups is 1. The number of aromatic nitrogens is 1. The van der Waals surface area contributed by atoms with Gasteiger partial charge in [-0.25, -0.2) is 18.0 Å². The maximum absolute atomic E-state index is 14.5. The van der Waals surface area contributed by atoms with Crippen molar-refractivity contribution in [3.05, 3.63) is 83.3 Å². The van der Waals surface area contributed by atoms with Gasteiger partial charge in [0.15, 0.2) is 11.6 Å². The van der Waals surface area contributed by atoms with Gasteiger partial charge >= 0.3 is 5.97 Å². The zero-order valence-corrected chi connectivity index (χ0v) is 18.2. The van der Waals surface area contributed by atoms with Crippen LogP contribution in [0.4, 0.5) is 13.2 Å². The van der Waals surface area contributed by atoms with Gasteiger partial charge in [-0.3, -0.25) is 0 Å². The Bertz CT molecular complexity index is 1500. The molecule has 34 heavy (non-hydrogen) atoms. The molecule has 0 spiro atoms. The first-order chi connectivity index (χ1) is 16.0. The van der Waals surface area contributed by atoms with Crippen molar-refractivity contribution in [3.63, 3.8) is 0 Å². The average Bonchev–Trinajstić information content (AvgIpc) is 3.12. The van der Waals surface area contributed by atoms with Gasteiger partial charge in [-0.15, -0.1) is 0 Å². The van der Waals surface area contributed by atoms with Gasteiger partial charge in [0.1, 0.15) is 11.6 Å². The second-order valence-electron chi connectivity index (χ2n) is 8.58. The van der Waals surface area contributed by atoms with Crippen molar-refractivity contribution in [2.45, 2.75) is 25.7 Å². The standard InChI is InChI=1S/C26H19F3N2O3/c1-26(2,8-9-30)24-22(14-6-7-19(28)20(29)11-14)18-12-16(27)13-21(32)23(18)31(24)17-5-3-4-15(10-17)25(33)34/h3-7,10-13,32H,8H2,1-2H3,(H,33,34). The summed E-state index contributed by atoms with van der Waals surface area (Å²) < 4.78 is 44.0. The number of halogens is 3. The third kappa shape index (κ3) is 3.75. The van der Waals surface area contributed by atoms with Gasteiger partial charge in [0.05, 0.1) is 17.1 Å². The highest BCUT2D eigenvalue weighted by Gasteiger charge is 2.33. The fraction of sp³-hybridized carbons (Fsp3) is 0.154. The summed E-state index contributed by atoms with van der Waals surface area (Å²) in [5, 5.41) is 30.0. The first-order valence-corrected chi connectivity index (χ1v) is 10.3. The number of hydrogen-bond donors (Lipinski definition) is 2. The fourth-order valence-electron chi connectivity index (χ4n) is 4.26. The van der Waals surface area contributed by atoms with Crippen molar-refractivity contribution in [2.24, 2.45) is 0 Å². The van der Waals surface area contributed by atoms with Crippen LogP contribution in [-0.2, 0) is 5.41 Å². The molecule has 0 unspecified atom stereocenters. The van der Waals surface area contributed by atoms with E-state index in [1.54, 1.807) is 24.5 Å². The molecule has 5 nitrogen and oxygen atoms in total. The zero-order chi connectivity index (χ0) is 24.8. The lowest BCUT2D eigenvalue weighted by Crippen LogP contribution is -2.22. The number of carboxylic acid groups (broad SMARTS) is 1. The summed E-state index contributed by atoms with van der Waals surface area (Å²) in [4.78, 5) is 11.6. The van der Waals surface area contributed by atoms with Crippen molar-refractivity contribution in [3.8, 4) is 28.6 Å². The van der Waals surface area contributed by atoms with Gasteiger partial charge < -0.3 is 14.8 Å². The molecule has 8 heteroatoms. The molecule has 1 aromatic heterocycles. The van der Waals surface area contributed by atoms with Crippen LogP contribution in [0.3, 0.4) is 0 Å². The van der Waals surface area contributed by atoms with Crippen molar-refractivity contribution in [2.75, 3.05) is 0 Å². The molecule has 1 heterocycles. The highest BCUT2D eigenvalue weighted by molar-refractivity contribution is 6.02. The van der Waals surface area contributed by atoms with Crippen molar-refractivity contribution < 1.29 is 28.2 Å². The Hall–Kier alpha value is -4.25. The number of rotatable bonds is 5. The minimum atomic E-state index is -1.17. The van der Waals surface area contributed by atoms with Crippen LogP contribution in [-0.4, -0.2) is 20.7 Å². The van der Waals surface area contributed by atoms with E-state index in [4.69, 9.17) is 0 Å².